The summed E-state index contributed by atoms with van der Waals surface area (Å²) in [4.78, 5) is 6.64. The average molecular weight is 462 g/mol. The Labute approximate surface area is 173 Å². The molecule has 1 aliphatic heterocycles. The van der Waals surface area contributed by atoms with Gasteiger partial charge in [-0.2, -0.15) is 0 Å². The molecule has 0 saturated carbocycles. The first-order valence-corrected chi connectivity index (χ1v) is 8.73. The molecule has 0 fully saturated rings. The maximum atomic E-state index is 4.29. The number of rotatable bonds is 5. The molecular formula is C21H27IN4. The summed E-state index contributed by atoms with van der Waals surface area (Å²) >= 11 is 0. The van der Waals surface area contributed by atoms with Crippen molar-refractivity contribution in [1.82, 2.24) is 10.6 Å². The van der Waals surface area contributed by atoms with E-state index in [2.05, 4.69) is 88.1 Å². The highest BCUT2D eigenvalue weighted by molar-refractivity contribution is 14.0. The predicted octanol–water partition coefficient (Wildman–Crippen LogP) is 3.85. The molecule has 26 heavy (non-hydrogen) atoms. The van der Waals surface area contributed by atoms with E-state index in [-0.39, 0.29) is 24.0 Å². The highest BCUT2D eigenvalue weighted by atomic mass is 127. The lowest BCUT2D eigenvalue weighted by Gasteiger charge is -2.18. The molecule has 0 amide bonds. The number of aryl methyl sites for hydroxylation is 1. The summed E-state index contributed by atoms with van der Waals surface area (Å²) in [6, 6.07) is 17.3. The van der Waals surface area contributed by atoms with Crippen LogP contribution in [0.4, 0.5) is 5.69 Å². The van der Waals surface area contributed by atoms with Crippen LogP contribution in [0.25, 0.3) is 0 Å². The molecule has 0 bridgehead atoms. The van der Waals surface area contributed by atoms with Gasteiger partial charge in [0.2, 0.25) is 0 Å². The Kier molecular flexibility index (Phi) is 7.97. The van der Waals surface area contributed by atoms with Gasteiger partial charge in [0, 0.05) is 38.9 Å². The Morgan fingerprint density at radius 1 is 0.885 bits per heavy atom. The summed E-state index contributed by atoms with van der Waals surface area (Å²) < 4.78 is 0. The fraction of sp³-hybridized carbons (Fsp3) is 0.286. The Hall–Kier alpha value is -2.02. The molecule has 2 N–H and O–H groups in total. The summed E-state index contributed by atoms with van der Waals surface area (Å²) in [5.74, 6) is 0.813. The molecule has 0 radical (unpaired) electrons. The predicted molar refractivity (Wildman–Crippen MR) is 121 cm³/mol. The van der Waals surface area contributed by atoms with Crippen molar-refractivity contribution in [3.05, 3.63) is 77.4 Å². The molecular weight excluding hydrogens is 435 g/mol. The number of hydrogen-bond donors (Lipinski definition) is 2. The van der Waals surface area contributed by atoms with Crippen molar-refractivity contribution in [3.63, 3.8) is 0 Å². The zero-order valence-electron chi connectivity index (χ0n) is 15.4. The van der Waals surface area contributed by atoms with Gasteiger partial charge < -0.3 is 15.5 Å². The van der Waals surface area contributed by atoms with Gasteiger partial charge in [0.1, 0.15) is 0 Å². The standard InChI is InChI=1S/C21H26N4.HI/c1-17-5-7-18(8-6-17)15-23-21(22-2)24-16-19-9-11-20(12-10-19)25-13-3-4-14-25;/h3-12H,13-16H2,1-2H3,(H2,22,23,24);1H. The Morgan fingerprint density at radius 2 is 1.38 bits per heavy atom. The third kappa shape index (κ3) is 5.76. The summed E-state index contributed by atoms with van der Waals surface area (Å²) in [5.41, 5.74) is 5.04. The zero-order chi connectivity index (χ0) is 17.5. The van der Waals surface area contributed by atoms with E-state index in [1.165, 1.54) is 22.4 Å². The first kappa shape index (κ1) is 20.3. The molecule has 2 aromatic carbocycles. The van der Waals surface area contributed by atoms with Crippen molar-refractivity contribution < 1.29 is 0 Å². The minimum Gasteiger partial charge on any atom is -0.364 e. The van der Waals surface area contributed by atoms with E-state index >= 15 is 0 Å². The molecule has 2 aromatic rings. The van der Waals surface area contributed by atoms with Gasteiger partial charge >= 0.3 is 0 Å². The van der Waals surface area contributed by atoms with Gasteiger partial charge in [-0.05, 0) is 30.2 Å². The maximum absolute atomic E-state index is 4.29. The molecule has 0 unspecified atom stereocenters. The van der Waals surface area contributed by atoms with E-state index in [9.17, 15) is 0 Å². The average Bonchev–Trinajstić information content (AvgIpc) is 3.18. The summed E-state index contributed by atoms with van der Waals surface area (Å²) in [6.07, 6.45) is 4.42. The topological polar surface area (TPSA) is 39.7 Å². The quantitative estimate of drug-likeness (QED) is 0.307. The minimum absolute atomic E-state index is 0. The number of benzene rings is 2. The van der Waals surface area contributed by atoms with Crippen LogP contribution in [0.3, 0.4) is 0 Å². The van der Waals surface area contributed by atoms with Crippen LogP contribution in [0.15, 0.2) is 65.7 Å². The fourth-order valence-electron chi connectivity index (χ4n) is 2.81. The third-order valence-electron chi connectivity index (χ3n) is 4.38. The van der Waals surface area contributed by atoms with Gasteiger partial charge in [-0.15, -0.1) is 24.0 Å². The van der Waals surface area contributed by atoms with Crippen molar-refractivity contribution in [2.24, 2.45) is 4.99 Å². The molecule has 1 aliphatic rings. The second-order valence-electron chi connectivity index (χ2n) is 6.31. The van der Waals surface area contributed by atoms with Crippen molar-refractivity contribution >= 4 is 35.6 Å². The van der Waals surface area contributed by atoms with Crippen molar-refractivity contribution in [2.75, 3.05) is 25.0 Å². The van der Waals surface area contributed by atoms with Gasteiger partial charge in [0.25, 0.3) is 0 Å². The summed E-state index contributed by atoms with van der Waals surface area (Å²) in [7, 11) is 1.80. The lowest BCUT2D eigenvalue weighted by Crippen LogP contribution is -2.36. The number of anilines is 1. The first-order valence-electron chi connectivity index (χ1n) is 8.73. The Morgan fingerprint density at radius 3 is 1.88 bits per heavy atom. The van der Waals surface area contributed by atoms with Crippen LogP contribution in [-0.4, -0.2) is 26.1 Å². The molecule has 0 saturated heterocycles. The van der Waals surface area contributed by atoms with Crippen LogP contribution in [0, 0.1) is 6.92 Å². The third-order valence-corrected chi connectivity index (χ3v) is 4.38. The highest BCUT2D eigenvalue weighted by Gasteiger charge is 2.07. The number of guanidine groups is 1. The van der Waals surface area contributed by atoms with Crippen LogP contribution in [0.5, 0.6) is 0 Å². The molecule has 5 heteroatoms. The Balaban J connectivity index is 0.00000243. The highest BCUT2D eigenvalue weighted by Crippen LogP contribution is 2.17. The molecule has 1 heterocycles. The number of halogens is 1. The summed E-state index contributed by atoms with van der Waals surface area (Å²) in [6.45, 7) is 5.64. The van der Waals surface area contributed by atoms with E-state index in [0.717, 1.165) is 32.1 Å². The van der Waals surface area contributed by atoms with E-state index < -0.39 is 0 Å². The molecule has 138 valence electrons. The maximum Gasteiger partial charge on any atom is 0.191 e. The molecule has 0 atom stereocenters. The van der Waals surface area contributed by atoms with Crippen LogP contribution in [-0.2, 0) is 13.1 Å². The lowest BCUT2D eigenvalue weighted by atomic mass is 10.1. The monoisotopic (exact) mass is 462 g/mol. The minimum atomic E-state index is 0. The number of nitrogens with one attached hydrogen (secondary N) is 2. The van der Waals surface area contributed by atoms with E-state index in [0.29, 0.717) is 0 Å². The zero-order valence-corrected chi connectivity index (χ0v) is 17.7. The smallest absolute Gasteiger partial charge is 0.191 e. The van der Waals surface area contributed by atoms with Crippen molar-refractivity contribution in [3.8, 4) is 0 Å². The lowest BCUT2D eigenvalue weighted by molar-refractivity contribution is 0.809. The van der Waals surface area contributed by atoms with Gasteiger partial charge in [-0.3, -0.25) is 4.99 Å². The van der Waals surface area contributed by atoms with Crippen LogP contribution in [0.2, 0.25) is 0 Å². The molecule has 4 nitrogen and oxygen atoms in total. The molecule has 0 aliphatic carbocycles. The van der Waals surface area contributed by atoms with E-state index in [4.69, 9.17) is 0 Å². The fourth-order valence-corrected chi connectivity index (χ4v) is 2.81. The second-order valence-corrected chi connectivity index (χ2v) is 6.31. The van der Waals surface area contributed by atoms with Crippen LogP contribution >= 0.6 is 24.0 Å². The molecule has 0 aromatic heterocycles. The number of hydrogen-bond acceptors (Lipinski definition) is 2. The van der Waals surface area contributed by atoms with Crippen molar-refractivity contribution in [2.45, 2.75) is 20.0 Å². The Bertz CT molecular complexity index is 728. The normalized spacial score (nSPS) is 13.5. The van der Waals surface area contributed by atoms with E-state index in [1.807, 2.05) is 0 Å². The molecule has 3 rings (SSSR count). The van der Waals surface area contributed by atoms with E-state index in [1.54, 1.807) is 7.05 Å². The summed E-state index contributed by atoms with van der Waals surface area (Å²) in [5, 5.41) is 6.72. The number of nitrogens with zero attached hydrogens (tertiary/aromatic N) is 2. The van der Waals surface area contributed by atoms with Gasteiger partial charge in [0.15, 0.2) is 5.96 Å². The number of aliphatic imine (C=N–C) groups is 1. The first-order chi connectivity index (χ1) is 12.2. The van der Waals surface area contributed by atoms with Crippen LogP contribution in [0.1, 0.15) is 16.7 Å². The van der Waals surface area contributed by atoms with Crippen LogP contribution < -0.4 is 15.5 Å². The van der Waals surface area contributed by atoms with Gasteiger partial charge in [0.05, 0.1) is 0 Å². The SMILES string of the molecule is CN=C(NCc1ccc(C)cc1)NCc1ccc(N2CC=CC2)cc1.I. The van der Waals surface area contributed by atoms with Crippen molar-refractivity contribution in [1.29, 1.82) is 0 Å². The molecule has 0 spiro atoms. The largest absolute Gasteiger partial charge is 0.364 e. The van der Waals surface area contributed by atoms with Gasteiger partial charge in [-0.25, -0.2) is 0 Å². The van der Waals surface area contributed by atoms with Gasteiger partial charge in [-0.1, -0.05) is 54.1 Å². The second kappa shape index (κ2) is 10.2.